The van der Waals surface area contributed by atoms with Crippen molar-refractivity contribution < 1.29 is 27.8 Å². The Bertz CT molecular complexity index is 2680. The fourth-order valence-electron chi connectivity index (χ4n) is 9.34. The summed E-state index contributed by atoms with van der Waals surface area (Å²) in [5.74, 6) is 3.40. The van der Waals surface area contributed by atoms with Crippen LogP contribution >= 0.6 is 8.60 Å². The third-order valence-corrected chi connectivity index (χ3v) is 14.3. The summed E-state index contributed by atoms with van der Waals surface area (Å²) in [5, 5.41) is 0. The van der Waals surface area contributed by atoms with Gasteiger partial charge in [-0.1, -0.05) is 210 Å². The van der Waals surface area contributed by atoms with Gasteiger partial charge in [0.05, 0.1) is 14.2 Å². The van der Waals surface area contributed by atoms with Crippen molar-refractivity contribution in [3.63, 3.8) is 0 Å². The number of rotatable bonds is 11. The number of methoxy groups -OCH3 is 2. The Labute approximate surface area is 413 Å². The van der Waals surface area contributed by atoms with E-state index in [0.29, 0.717) is 23.0 Å². The van der Waals surface area contributed by atoms with Gasteiger partial charge in [0.1, 0.15) is 28.7 Å². The molecule has 69 heavy (non-hydrogen) atoms. The zero-order valence-corrected chi connectivity index (χ0v) is 43.9. The van der Waals surface area contributed by atoms with Crippen molar-refractivity contribution in [1.82, 2.24) is 0 Å². The van der Waals surface area contributed by atoms with Crippen LogP contribution in [0.5, 0.6) is 28.7 Å². The van der Waals surface area contributed by atoms with E-state index in [2.05, 4.69) is 217 Å². The highest BCUT2D eigenvalue weighted by molar-refractivity contribution is 7.42. The Kier molecular flexibility index (Phi) is 13.5. The summed E-state index contributed by atoms with van der Waals surface area (Å²) in [6.45, 7) is 26.7. The van der Waals surface area contributed by atoms with E-state index in [1.165, 1.54) is 11.1 Å². The van der Waals surface area contributed by atoms with Crippen molar-refractivity contribution in [2.24, 2.45) is 0 Å². The van der Waals surface area contributed by atoms with Crippen LogP contribution < -0.4 is 18.7 Å². The van der Waals surface area contributed by atoms with Gasteiger partial charge in [-0.3, -0.25) is 9.05 Å². The van der Waals surface area contributed by atoms with E-state index < -0.39 is 25.2 Å². The van der Waals surface area contributed by atoms with E-state index in [-0.39, 0.29) is 16.2 Å². The molecule has 0 spiro atoms. The van der Waals surface area contributed by atoms with Crippen LogP contribution in [0.4, 0.5) is 0 Å². The summed E-state index contributed by atoms with van der Waals surface area (Å²) in [5.41, 5.74) is 5.94. The molecule has 0 unspecified atom stereocenters. The molecule has 358 valence electrons. The Hall–Kier alpha value is -5.91. The molecule has 0 amide bonds. The van der Waals surface area contributed by atoms with Gasteiger partial charge in [0, 0.05) is 22.3 Å². The zero-order valence-electron chi connectivity index (χ0n) is 43.0. The fourth-order valence-corrected chi connectivity index (χ4v) is 10.9. The van der Waals surface area contributed by atoms with Crippen molar-refractivity contribution >= 4 is 8.60 Å². The Morgan fingerprint density at radius 3 is 1.03 bits per heavy atom. The van der Waals surface area contributed by atoms with Gasteiger partial charge in [0.15, 0.2) is 11.2 Å². The highest BCUT2D eigenvalue weighted by Gasteiger charge is 2.67. The molecule has 0 aliphatic carbocycles. The van der Waals surface area contributed by atoms with Crippen LogP contribution in [-0.2, 0) is 41.9 Å². The van der Waals surface area contributed by atoms with Crippen molar-refractivity contribution in [2.45, 2.75) is 116 Å². The topological polar surface area (TPSA) is 55.4 Å². The molecule has 1 saturated heterocycles. The minimum Gasteiger partial charge on any atom is -0.497 e. The SMILES string of the molecule is COc1cc(-c2cc(OC)cc(C(C)(C)C)c2OP2OC(c3ccccc3)(c3ccccc3)C(c3ccccc3)(c3ccccc3)O2)c(Oc2cc(C(C)(C)C)cc(C(C)(C)C)c2)c(C(C)(C)C)c1. The van der Waals surface area contributed by atoms with Crippen molar-refractivity contribution in [1.29, 1.82) is 0 Å². The first kappa shape index (κ1) is 49.5. The Balaban J connectivity index is 1.43. The Morgan fingerprint density at radius 1 is 0.377 bits per heavy atom. The van der Waals surface area contributed by atoms with E-state index in [9.17, 15) is 0 Å². The molecular weight excluding hydrogens is 872 g/mol. The van der Waals surface area contributed by atoms with Crippen molar-refractivity contribution in [3.8, 4) is 39.9 Å². The molecule has 7 aromatic rings. The summed E-state index contributed by atoms with van der Waals surface area (Å²) < 4.78 is 42.8. The van der Waals surface area contributed by atoms with Crippen LogP contribution in [0.3, 0.4) is 0 Å². The highest BCUT2D eigenvalue weighted by Crippen LogP contribution is 2.71. The van der Waals surface area contributed by atoms with Crippen LogP contribution in [0.2, 0.25) is 0 Å². The molecule has 0 bridgehead atoms. The second-order valence-electron chi connectivity index (χ2n) is 22.3. The third-order valence-electron chi connectivity index (χ3n) is 13.2. The monoisotopic (exact) mass is 940 g/mol. The molecule has 8 rings (SSSR count). The largest absolute Gasteiger partial charge is 0.497 e. The van der Waals surface area contributed by atoms with Crippen LogP contribution in [0.25, 0.3) is 11.1 Å². The molecule has 1 aliphatic heterocycles. The first-order chi connectivity index (χ1) is 32.6. The van der Waals surface area contributed by atoms with Gasteiger partial charge < -0.3 is 18.7 Å². The summed E-state index contributed by atoms with van der Waals surface area (Å²) in [7, 11) is 1.19. The molecule has 1 aliphatic rings. The highest BCUT2D eigenvalue weighted by atomic mass is 31.2. The van der Waals surface area contributed by atoms with Crippen LogP contribution in [-0.4, -0.2) is 14.2 Å². The number of benzene rings is 7. The molecule has 0 radical (unpaired) electrons. The predicted octanol–water partition coefficient (Wildman–Crippen LogP) is 16.9. The third kappa shape index (κ3) is 9.57. The molecule has 0 atom stereocenters. The molecule has 1 fully saturated rings. The van der Waals surface area contributed by atoms with E-state index in [4.69, 9.17) is 27.8 Å². The lowest BCUT2D eigenvalue weighted by Crippen LogP contribution is -2.48. The minimum atomic E-state index is -2.22. The Morgan fingerprint density at radius 2 is 0.710 bits per heavy atom. The normalized spacial score (nSPS) is 15.2. The van der Waals surface area contributed by atoms with E-state index >= 15 is 0 Å². The average molecular weight is 941 g/mol. The summed E-state index contributed by atoms with van der Waals surface area (Å²) in [4.78, 5) is 0. The van der Waals surface area contributed by atoms with Gasteiger partial charge in [-0.25, -0.2) is 0 Å². The zero-order chi connectivity index (χ0) is 49.6. The lowest BCUT2D eigenvalue weighted by atomic mass is 9.66. The van der Waals surface area contributed by atoms with E-state index in [1.807, 2.05) is 30.3 Å². The van der Waals surface area contributed by atoms with Crippen LogP contribution in [0.1, 0.15) is 128 Å². The summed E-state index contributed by atoms with van der Waals surface area (Å²) >= 11 is 0. The van der Waals surface area contributed by atoms with Gasteiger partial charge >= 0.3 is 8.60 Å². The maximum atomic E-state index is 7.74. The lowest BCUT2D eigenvalue weighted by Gasteiger charge is -2.43. The van der Waals surface area contributed by atoms with Crippen molar-refractivity contribution in [3.05, 3.63) is 208 Å². The molecule has 0 aromatic heterocycles. The van der Waals surface area contributed by atoms with Crippen LogP contribution in [0, 0.1) is 0 Å². The van der Waals surface area contributed by atoms with E-state index in [1.54, 1.807) is 14.2 Å². The number of hydrogen-bond acceptors (Lipinski definition) is 6. The first-order valence-electron chi connectivity index (χ1n) is 24.0. The van der Waals surface area contributed by atoms with E-state index in [0.717, 1.165) is 50.3 Å². The summed E-state index contributed by atoms with van der Waals surface area (Å²) in [6, 6.07) is 56.6. The van der Waals surface area contributed by atoms with Gasteiger partial charge in [0.2, 0.25) is 0 Å². The second kappa shape index (κ2) is 18.8. The van der Waals surface area contributed by atoms with Gasteiger partial charge in [0.25, 0.3) is 0 Å². The first-order valence-corrected chi connectivity index (χ1v) is 25.1. The van der Waals surface area contributed by atoms with Crippen LogP contribution in [0.15, 0.2) is 164 Å². The standard InChI is InChI=1S/C62H69O6P/c1-57(2,3)46-35-47(58(4,5)6)37-50(36-46)65-55-51(38-48(63-13)40-53(55)59(7,8)9)52-39-49(64-14)41-54(60(10,11)12)56(52)66-69-67-61(42-27-19-15-20-28-42,43-29-21-16-22-30-43)62(68-69,44-31-23-17-24-32-44)45-33-25-18-26-34-45/h15-41H,1-14H3. The molecule has 1 heterocycles. The van der Waals surface area contributed by atoms with Gasteiger partial charge in [-0.2, -0.15) is 0 Å². The molecule has 7 heteroatoms. The minimum absolute atomic E-state index is 0.128. The van der Waals surface area contributed by atoms with Crippen molar-refractivity contribution in [2.75, 3.05) is 14.2 Å². The van der Waals surface area contributed by atoms with Gasteiger partial charge in [-0.05, 0) is 91.4 Å². The maximum absolute atomic E-state index is 7.74. The maximum Gasteiger partial charge on any atom is 0.400 e. The molecule has 0 saturated carbocycles. The second-order valence-corrected chi connectivity index (χ2v) is 23.3. The average Bonchev–Trinajstić information content (AvgIpc) is 3.68. The lowest BCUT2D eigenvalue weighted by molar-refractivity contribution is 0.00370. The smallest absolute Gasteiger partial charge is 0.400 e. The number of ether oxygens (including phenoxy) is 3. The molecule has 7 aromatic carbocycles. The van der Waals surface area contributed by atoms with Gasteiger partial charge in [-0.15, -0.1) is 0 Å². The fraction of sp³-hybridized carbons (Fsp3) is 0.323. The predicted molar refractivity (Wildman–Crippen MR) is 283 cm³/mol. The number of hydrogen-bond donors (Lipinski definition) is 0. The molecule has 0 N–H and O–H groups in total. The quantitative estimate of drug-likeness (QED) is 0.120. The molecular formula is C62H69O6P. The molecule has 6 nitrogen and oxygen atoms in total. The summed E-state index contributed by atoms with van der Waals surface area (Å²) in [6.07, 6.45) is 0.